The number of anilines is 1. The molecule has 37 heteroatoms. The van der Waals surface area contributed by atoms with Crippen LogP contribution in [0.3, 0.4) is 0 Å². The average Bonchev–Trinajstić information content (AvgIpc) is 1.67. The van der Waals surface area contributed by atoms with Crippen molar-refractivity contribution in [2.24, 2.45) is 52.6 Å². The zero-order chi connectivity index (χ0) is 82.8. The molecule has 1 fully saturated rings. The van der Waals surface area contributed by atoms with Gasteiger partial charge in [-0.15, -0.1) is 0 Å². The largest absolute Gasteiger partial charge is 0.460 e. The average molecular weight is 1630 g/mol. The molecular formula is C76H135N16O20S+. The lowest BCUT2D eigenvalue weighted by atomic mass is 9.94. The summed E-state index contributed by atoms with van der Waals surface area (Å²) in [7, 11) is 8.00. The Kier molecular flexibility index (Phi) is 49.2. The number of esters is 1. The lowest BCUT2D eigenvalue weighted by Crippen LogP contribution is -2.54. The molecular weight excluding hydrogens is 1490 g/mol. The van der Waals surface area contributed by atoms with E-state index >= 15 is 0 Å². The van der Waals surface area contributed by atoms with E-state index in [2.05, 4.69) is 76.4 Å². The van der Waals surface area contributed by atoms with E-state index in [0.29, 0.717) is 179 Å². The van der Waals surface area contributed by atoms with Gasteiger partial charge in [-0.3, -0.25) is 39.4 Å². The highest BCUT2D eigenvalue weighted by atomic mass is 32.1. The number of ether oxygens (including phenoxy) is 11. The Morgan fingerprint density at radius 2 is 1.19 bits per heavy atom. The van der Waals surface area contributed by atoms with Crippen LogP contribution >= 0.6 is 12.6 Å². The van der Waals surface area contributed by atoms with Crippen LogP contribution in [0.15, 0.2) is 47.1 Å². The second-order valence-electron chi connectivity index (χ2n) is 29.6. The van der Waals surface area contributed by atoms with Gasteiger partial charge in [-0.05, 0) is 125 Å². The van der Waals surface area contributed by atoms with Crippen LogP contribution in [0.4, 0.5) is 15.3 Å². The van der Waals surface area contributed by atoms with Gasteiger partial charge in [0.25, 0.3) is 0 Å². The van der Waals surface area contributed by atoms with Gasteiger partial charge in [-0.1, -0.05) is 26.0 Å². The van der Waals surface area contributed by atoms with Crippen molar-refractivity contribution in [1.29, 1.82) is 0 Å². The number of primary amides is 2. The van der Waals surface area contributed by atoms with Crippen molar-refractivity contribution < 1.29 is 99.7 Å². The van der Waals surface area contributed by atoms with Gasteiger partial charge in [0.15, 0.2) is 0 Å². The third-order valence-electron chi connectivity index (χ3n) is 19.1. The maximum atomic E-state index is 13.6. The number of hydrazine groups is 2. The van der Waals surface area contributed by atoms with Crippen LogP contribution in [-0.4, -0.2) is 284 Å². The number of carbonyl (C=O) groups is 9. The van der Waals surface area contributed by atoms with E-state index in [0.717, 1.165) is 53.7 Å². The number of amides is 9. The number of nitrogens with zero attached hydrogens (tertiary/aromatic N) is 3. The molecule has 3 aliphatic carbocycles. The number of thiol groups is 1. The van der Waals surface area contributed by atoms with E-state index in [4.69, 9.17) is 81.0 Å². The Balaban J connectivity index is 1.19. The Bertz CT molecular complexity index is 3040. The molecule has 36 nitrogen and oxygen atoms in total. The Morgan fingerprint density at radius 1 is 0.619 bits per heavy atom. The SMILES string of the molecule is CC(S)C(=O)OCc1ccc(NC(=O)CCCCN(C(N)=O)C2CCCC(OCC(=O)NCCCC[C@@H](NC(=O)CCOCCOCCOCCOCCNC(=O)OC[C@@H]3[C@@H]4CC/C(N(C)N)=C(/N)CC[C@@H]43)C(=O)N[C@H](C(N)=O)C(C)C)/C(NN)=C(/NCCOCCOCCOCCOCCC(=O)NCC[N+](C)(C)C)C2)cc1. The summed E-state index contributed by atoms with van der Waals surface area (Å²) in [5, 5.41) is 21.3. The van der Waals surface area contributed by atoms with E-state index in [-0.39, 0.29) is 115 Å². The van der Waals surface area contributed by atoms with Crippen molar-refractivity contribution in [1.82, 2.24) is 47.2 Å². The van der Waals surface area contributed by atoms with Crippen LogP contribution < -0.4 is 71.5 Å². The van der Waals surface area contributed by atoms with Crippen LogP contribution in [0.2, 0.25) is 0 Å². The predicted molar refractivity (Wildman–Crippen MR) is 426 cm³/mol. The molecule has 4 rings (SSSR count). The molecule has 644 valence electrons. The van der Waals surface area contributed by atoms with Gasteiger partial charge in [0.05, 0.1) is 157 Å². The van der Waals surface area contributed by atoms with Crippen LogP contribution in [-0.2, 0) is 92.3 Å². The highest BCUT2D eigenvalue weighted by Crippen LogP contribution is 2.54. The van der Waals surface area contributed by atoms with Crippen molar-refractivity contribution in [2.45, 2.75) is 160 Å². The number of nitrogens with two attached hydrogens (primary N) is 5. The second kappa shape index (κ2) is 56.8. The zero-order valence-electron chi connectivity index (χ0n) is 67.8. The molecule has 0 heterocycles. The van der Waals surface area contributed by atoms with E-state index in [9.17, 15) is 43.2 Å². The van der Waals surface area contributed by atoms with Gasteiger partial charge in [-0.2, -0.15) is 12.6 Å². The summed E-state index contributed by atoms with van der Waals surface area (Å²) in [6, 6.07) is 3.92. The van der Waals surface area contributed by atoms with Crippen molar-refractivity contribution in [3.8, 4) is 0 Å². The van der Waals surface area contributed by atoms with Crippen LogP contribution in [0.25, 0.3) is 0 Å². The van der Waals surface area contributed by atoms with E-state index in [1.165, 1.54) is 0 Å². The number of likely N-dealkylation sites (N-methyl/N-ethyl adjacent to an activating group) is 1. The van der Waals surface area contributed by atoms with Crippen molar-refractivity contribution >= 4 is 71.9 Å². The van der Waals surface area contributed by atoms with Crippen LogP contribution in [0.1, 0.15) is 129 Å². The molecule has 8 atom stereocenters. The first-order chi connectivity index (χ1) is 54.2. The number of alkyl carbamates (subject to hydrolysis) is 1. The number of rotatable bonds is 61. The lowest BCUT2D eigenvalue weighted by molar-refractivity contribution is -0.869. The van der Waals surface area contributed by atoms with E-state index in [1.807, 2.05) is 0 Å². The van der Waals surface area contributed by atoms with E-state index < -0.39 is 65.2 Å². The van der Waals surface area contributed by atoms with Gasteiger partial charge >= 0.3 is 18.1 Å². The summed E-state index contributed by atoms with van der Waals surface area (Å²) in [6.45, 7) is 12.3. The Hall–Kier alpha value is -7.40. The van der Waals surface area contributed by atoms with Crippen molar-refractivity contribution in [3.05, 3.63) is 52.6 Å². The van der Waals surface area contributed by atoms with Gasteiger partial charge in [0, 0.05) is 87.7 Å². The van der Waals surface area contributed by atoms with Crippen LogP contribution in [0.5, 0.6) is 0 Å². The third kappa shape index (κ3) is 43.2. The van der Waals surface area contributed by atoms with E-state index in [1.54, 1.807) is 62.0 Å². The molecule has 3 aliphatic rings. The summed E-state index contributed by atoms with van der Waals surface area (Å²) < 4.78 is 62.8. The number of allylic oxidation sites excluding steroid dienone is 2. The smallest absolute Gasteiger partial charge is 0.407 e. The minimum Gasteiger partial charge on any atom is -0.460 e. The number of quaternary nitrogens is 1. The normalized spacial score (nSPS) is 19.1. The molecule has 1 saturated carbocycles. The number of fused-ring (bicyclic) bond motifs is 1. The molecule has 113 heavy (non-hydrogen) atoms. The summed E-state index contributed by atoms with van der Waals surface area (Å²) in [5.41, 5.74) is 25.0. The Morgan fingerprint density at radius 3 is 1.76 bits per heavy atom. The molecule has 0 bridgehead atoms. The molecule has 3 unspecified atom stereocenters. The second-order valence-corrected chi connectivity index (χ2v) is 30.4. The molecule has 0 radical (unpaired) electrons. The lowest BCUT2D eigenvalue weighted by Gasteiger charge is -2.35. The number of hydrogen-bond acceptors (Lipinski definition) is 27. The zero-order valence-corrected chi connectivity index (χ0v) is 68.7. The summed E-state index contributed by atoms with van der Waals surface area (Å²) >= 11 is 4.09. The fraction of sp³-hybridized carbons (Fsp3) is 0.750. The van der Waals surface area contributed by atoms with Gasteiger partial charge < -0.3 is 126 Å². The summed E-state index contributed by atoms with van der Waals surface area (Å²) in [5.74, 6) is 10.4. The quantitative estimate of drug-likeness (QED) is 0.0109. The fourth-order valence-corrected chi connectivity index (χ4v) is 12.8. The highest BCUT2D eigenvalue weighted by molar-refractivity contribution is 7.81. The third-order valence-corrected chi connectivity index (χ3v) is 19.3. The first kappa shape index (κ1) is 98.0. The molecule has 0 aromatic heterocycles. The van der Waals surface area contributed by atoms with Gasteiger partial charge in [-0.25, -0.2) is 15.4 Å². The Labute approximate surface area is 672 Å². The maximum absolute atomic E-state index is 13.6. The highest BCUT2D eigenvalue weighted by Gasteiger charge is 2.50. The number of hydrogen-bond donors (Lipinski definition) is 14. The number of nitrogens with one attached hydrogen (secondary N) is 8. The first-order valence-electron chi connectivity index (χ1n) is 39.7. The number of urea groups is 1. The number of unbranched alkanes of at least 4 members (excludes halogenated alkanes) is 2. The fourth-order valence-electron chi connectivity index (χ4n) is 12.8. The molecule has 1 aromatic carbocycles. The minimum atomic E-state index is -1.03. The predicted octanol–water partition coefficient (Wildman–Crippen LogP) is 1.40. The van der Waals surface area contributed by atoms with Crippen LogP contribution in [0, 0.1) is 23.7 Å². The molecule has 9 amide bonds. The number of carbonyl (C=O) groups excluding carboxylic acids is 9. The molecule has 18 N–H and O–H groups in total. The monoisotopic (exact) mass is 1620 g/mol. The topological polar surface area (TPSA) is 488 Å². The minimum absolute atomic E-state index is 0.0426. The summed E-state index contributed by atoms with van der Waals surface area (Å²) in [4.78, 5) is 117. The van der Waals surface area contributed by atoms with Gasteiger partial charge in [0.1, 0.15) is 31.4 Å². The molecule has 0 spiro atoms. The first-order valence-corrected chi connectivity index (χ1v) is 40.2. The molecule has 1 aromatic rings. The number of benzene rings is 1. The summed E-state index contributed by atoms with van der Waals surface area (Å²) in [6.07, 6.45) is 6.41. The maximum Gasteiger partial charge on any atom is 0.407 e. The standard InChI is InChI=1S/C76H134N16O20S/c1-53(2)70(72(78)97)88-73(98)62(87-68(95)26-34-103-38-42-107-46-48-109-44-40-105-36-30-85-76(101)112-51-60-58-21-23-61(77)64(90(4)81)24-22-59(58)60)14-8-10-27-83-69(96)52-110-65-15-12-13-57(91(75(79)100)31-11-9-16-67(94)86-56-19-17-55(18-20-56)50-111-74(99)54(3)113)49-63(71(65)89-80)82-29-35-104-39-43-108-47-45-106-41-37-102-33-25-66(93)84-28-32-92(5,6)7/h17-20,53-54,57-60,62,65,70,82,89H,8-16,21-52,77,80-81H2,1-7H3,(H10-,78,79,83,84,85,86,87,88,93,94,95,96,97,98,100,101,113)/p+1/b64-61-,71-63-/t54?,57?,58-,59+,60-,62+,65?,70-/m0/s1. The van der Waals surface area contributed by atoms with Crippen molar-refractivity contribution in [2.75, 3.05) is 192 Å². The van der Waals surface area contributed by atoms with Crippen molar-refractivity contribution in [3.63, 3.8) is 0 Å². The van der Waals surface area contributed by atoms with Gasteiger partial charge in [0.2, 0.25) is 35.4 Å². The molecule has 0 saturated heterocycles. The molecule has 0 aliphatic heterocycles.